The molecule has 1 atom stereocenters. The van der Waals surface area contributed by atoms with Gasteiger partial charge in [-0.2, -0.15) is 4.31 Å². The van der Waals surface area contributed by atoms with Gasteiger partial charge in [0, 0.05) is 29.6 Å². The molecule has 0 radical (unpaired) electrons. The summed E-state index contributed by atoms with van der Waals surface area (Å²) >= 11 is 7.06. The molecule has 1 aliphatic rings. The van der Waals surface area contributed by atoms with Crippen molar-refractivity contribution in [3.63, 3.8) is 0 Å². The minimum Gasteiger partial charge on any atom is -0.409 e. The van der Waals surface area contributed by atoms with E-state index in [-0.39, 0.29) is 15.8 Å². The summed E-state index contributed by atoms with van der Waals surface area (Å²) in [6.45, 7) is 4.06. The molecule has 0 spiro atoms. The molecule has 1 aromatic carbocycles. The first-order valence-electron chi connectivity index (χ1n) is 9.86. The van der Waals surface area contributed by atoms with E-state index >= 15 is 0 Å². The number of hydrogen-bond acceptors (Lipinski definition) is 8. The summed E-state index contributed by atoms with van der Waals surface area (Å²) in [6, 6.07) is 10.9. The Labute approximate surface area is 190 Å². The molecule has 8 nitrogen and oxygen atoms in total. The molecule has 0 bridgehead atoms. The third-order valence-electron chi connectivity index (χ3n) is 5.27. The fourth-order valence-corrected chi connectivity index (χ4v) is 5.80. The Morgan fingerprint density at radius 3 is 2.74 bits per heavy atom. The molecular weight excluding hydrogens is 456 g/mol. The van der Waals surface area contributed by atoms with Gasteiger partial charge in [-0.3, -0.25) is 4.90 Å². The first kappa shape index (κ1) is 22.3. The predicted molar refractivity (Wildman–Crippen MR) is 121 cm³/mol. The van der Waals surface area contributed by atoms with Crippen molar-refractivity contribution in [2.45, 2.75) is 24.5 Å². The molecule has 3 heterocycles. The van der Waals surface area contributed by atoms with Gasteiger partial charge in [0.25, 0.3) is 4.84 Å². The summed E-state index contributed by atoms with van der Waals surface area (Å²) in [7, 11) is -1.61. The lowest BCUT2D eigenvalue weighted by Gasteiger charge is -2.26. The maximum atomic E-state index is 13.0. The van der Waals surface area contributed by atoms with Crippen LogP contribution in [-0.4, -0.2) is 60.8 Å². The van der Waals surface area contributed by atoms with Crippen LogP contribution in [0, 0.1) is 4.84 Å². The van der Waals surface area contributed by atoms with E-state index in [0.717, 1.165) is 0 Å². The van der Waals surface area contributed by atoms with Crippen molar-refractivity contribution >= 4 is 33.6 Å². The zero-order valence-electron chi connectivity index (χ0n) is 17.3. The van der Waals surface area contributed by atoms with E-state index in [0.29, 0.717) is 44.4 Å². The Morgan fingerprint density at radius 2 is 2.03 bits per heavy atom. The van der Waals surface area contributed by atoms with E-state index in [1.165, 1.54) is 9.18 Å². The van der Waals surface area contributed by atoms with Crippen LogP contribution < -0.4 is 0 Å². The number of benzene rings is 1. The fraction of sp³-hybridized carbons (Fsp3) is 0.400. The van der Waals surface area contributed by atoms with Crippen molar-refractivity contribution in [2.24, 2.45) is 0 Å². The van der Waals surface area contributed by atoms with Gasteiger partial charge in [-0.05, 0) is 55.8 Å². The van der Waals surface area contributed by atoms with E-state index in [1.54, 1.807) is 40.3 Å². The van der Waals surface area contributed by atoms with E-state index < -0.39 is 10.0 Å². The second-order valence-corrected chi connectivity index (χ2v) is 10.6. The van der Waals surface area contributed by atoms with Crippen LogP contribution in [0.1, 0.15) is 17.8 Å². The van der Waals surface area contributed by atoms with Gasteiger partial charge in [-0.15, -0.1) is 16.4 Å². The maximum absolute atomic E-state index is 13.0. The zero-order valence-corrected chi connectivity index (χ0v) is 19.8. The predicted octanol–water partition coefficient (Wildman–Crippen LogP) is 3.61. The largest absolute Gasteiger partial charge is 0.409 e. The molecule has 1 fully saturated rings. The summed E-state index contributed by atoms with van der Waals surface area (Å²) in [4.78, 5) is 3.80. The van der Waals surface area contributed by atoms with Gasteiger partial charge < -0.3 is 9.15 Å². The Hall–Kier alpha value is -1.89. The van der Waals surface area contributed by atoms with E-state index in [4.69, 9.17) is 21.4 Å². The van der Waals surface area contributed by atoms with Crippen LogP contribution in [0.3, 0.4) is 0 Å². The summed E-state index contributed by atoms with van der Waals surface area (Å²) in [5.41, 5.74) is 0.563. The highest BCUT2D eigenvalue weighted by atomic mass is 32.2. The van der Waals surface area contributed by atoms with Crippen LogP contribution >= 0.6 is 23.6 Å². The van der Waals surface area contributed by atoms with Crippen LogP contribution in [0.25, 0.3) is 11.5 Å². The second-order valence-electron chi connectivity index (χ2n) is 7.31. The first-order valence-corrected chi connectivity index (χ1v) is 12.6. The smallest absolute Gasteiger partial charge is 0.288 e. The molecule has 166 valence electrons. The molecule has 1 saturated heterocycles. The number of hydrogen-bond donors (Lipinski definition) is 0. The zero-order chi connectivity index (χ0) is 22.0. The van der Waals surface area contributed by atoms with Crippen molar-refractivity contribution in [2.75, 3.05) is 33.4 Å². The third-order valence-corrected chi connectivity index (χ3v) is 8.50. The normalized spacial score (nSPS) is 16.6. The fourth-order valence-electron chi connectivity index (χ4n) is 3.32. The van der Waals surface area contributed by atoms with Gasteiger partial charge >= 0.3 is 0 Å². The van der Waals surface area contributed by atoms with Crippen molar-refractivity contribution in [1.29, 1.82) is 0 Å². The van der Waals surface area contributed by atoms with Crippen molar-refractivity contribution in [3.05, 3.63) is 51.5 Å². The topological polar surface area (TPSA) is 80.8 Å². The van der Waals surface area contributed by atoms with Gasteiger partial charge in [0.2, 0.25) is 15.9 Å². The van der Waals surface area contributed by atoms with Gasteiger partial charge in [0.05, 0.1) is 24.8 Å². The van der Waals surface area contributed by atoms with Crippen LogP contribution in [0.4, 0.5) is 0 Å². The van der Waals surface area contributed by atoms with Crippen molar-refractivity contribution < 1.29 is 17.6 Å². The van der Waals surface area contributed by atoms with Crippen LogP contribution in [0.15, 0.2) is 51.1 Å². The van der Waals surface area contributed by atoms with Crippen molar-refractivity contribution in [1.82, 2.24) is 19.0 Å². The van der Waals surface area contributed by atoms with E-state index in [9.17, 15) is 8.42 Å². The third kappa shape index (κ3) is 4.81. The molecule has 1 aliphatic heterocycles. The first-order chi connectivity index (χ1) is 14.9. The number of aromatic nitrogens is 2. The SMILES string of the molecule is C[C@@H](c1cccs1)N(C)Cn1nc(-c2cccc(S(=O)(=O)N3CCOCC3)c2)oc1=S. The number of morpholine rings is 1. The molecule has 0 saturated carbocycles. The highest BCUT2D eigenvalue weighted by Gasteiger charge is 2.27. The molecule has 4 rings (SSSR count). The number of sulfonamides is 1. The average Bonchev–Trinajstić information content (AvgIpc) is 3.44. The Morgan fingerprint density at radius 1 is 1.26 bits per heavy atom. The van der Waals surface area contributed by atoms with Crippen molar-refractivity contribution in [3.8, 4) is 11.5 Å². The van der Waals surface area contributed by atoms with Gasteiger partial charge in [0.15, 0.2) is 0 Å². The van der Waals surface area contributed by atoms with Gasteiger partial charge in [0.1, 0.15) is 0 Å². The van der Waals surface area contributed by atoms with E-state index in [1.807, 2.05) is 13.1 Å². The molecule has 2 aromatic heterocycles. The highest BCUT2D eigenvalue weighted by Crippen LogP contribution is 2.26. The average molecular weight is 481 g/mol. The lowest BCUT2D eigenvalue weighted by Crippen LogP contribution is -2.40. The maximum Gasteiger partial charge on any atom is 0.288 e. The second kappa shape index (κ2) is 9.31. The Balaban J connectivity index is 1.56. The molecule has 0 amide bonds. The molecule has 3 aromatic rings. The molecular formula is C20H24N4O4S3. The molecule has 31 heavy (non-hydrogen) atoms. The quantitative estimate of drug-likeness (QED) is 0.478. The standard InChI is InChI=1S/C20H24N4O4S3/c1-15(18-7-4-12-30-18)22(2)14-24-20(29)28-19(21-24)16-5-3-6-17(13-16)31(25,26)23-8-10-27-11-9-23/h3-7,12-13,15H,8-11,14H2,1-2H3/t15-/m0/s1. The lowest BCUT2D eigenvalue weighted by atomic mass is 10.2. The Bertz CT molecular complexity index is 1180. The number of rotatable bonds is 7. The highest BCUT2D eigenvalue weighted by molar-refractivity contribution is 7.89. The number of thiophene rings is 1. The number of ether oxygens (including phenoxy) is 1. The summed E-state index contributed by atoms with van der Waals surface area (Å²) in [6.07, 6.45) is 0. The molecule has 0 unspecified atom stereocenters. The molecule has 0 N–H and O–H groups in total. The molecule has 11 heteroatoms. The minimum atomic E-state index is -3.61. The molecule has 0 aliphatic carbocycles. The van der Waals surface area contributed by atoms with E-state index in [2.05, 4.69) is 28.4 Å². The lowest BCUT2D eigenvalue weighted by molar-refractivity contribution is 0.0730. The summed E-state index contributed by atoms with van der Waals surface area (Å²) in [5, 5.41) is 6.55. The summed E-state index contributed by atoms with van der Waals surface area (Å²) < 4.78 is 39.9. The van der Waals surface area contributed by atoms with Crippen LogP contribution in [-0.2, 0) is 21.4 Å². The minimum absolute atomic E-state index is 0.198. The Kier molecular flexibility index (Phi) is 6.70. The van der Waals surface area contributed by atoms with Crippen LogP contribution in [0.2, 0.25) is 0 Å². The summed E-state index contributed by atoms with van der Waals surface area (Å²) in [5.74, 6) is 0.293. The van der Waals surface area contributed by atoms with Gasteiger partial charge in [-0.1, -0.05) is 12.1 Å². The number of nitrogens with zero attached hydrogens (tertiary/aromatic N) is 4. The monoisotopic (exact) mass is 480 g/mol. The van der Waals surface area contributed by atoms with Crippen LogP contribution in [0.5, 0.6) is 0 Å². The van der Waals surface area contributed by atoms with Gasteiger partial charge in [-0.25, -0.2) is 13.1 Å².